The van der Waals surface area contributed by atoms with Gasteiger partial charge in [-0.15, -0.1) is 0 Å². The lowest BCUT2D eigenvalue weighted by molar-refractivity contribution is -0.128. The van der Waals surface area contributed by atoms with Crippen LogP contribution in [0.5, 0.6) is 0 Å². The number of Topliss-reactive ketones (excluding diaryl/α,β-unsaturated/α-hetero) is 2. The topological polar surface area (TPSA) is 71.5 Å². The first kappa shape index (κ1) is 25.9. The molecule has 0 heterocycles. The molecule has 0 aliphatic carbocycles. The summed E-state index contributed by atoms with van der Waals surface area (Å²) in [6, 6.07) is 5.95. The highest BCUT2D eigenvalue weighted by Crippen LogP contribution is 2.15. The molecule has 0 N–H and O–H groups in total. The molecule has 1 unspecified atom stereocenters. The maximum atomic E-state index is 12.4. The summed E-state index contributed by atoms with van der Waals surface area (Å²) < 4.78 is 0. The summed E-state index contributed by atoms with van der Waals surface area (Å²) in [5.74, 6) is -0.924. The quantitative estimate of drug-likeness (QED) is 0.675. The van der Waals surface area contributed by atoms with E-state index in [1.54, 1.807) is 31.2 Å². The highest BCUT2D eigenvalue weighted by atomic mass is 16.2. The van der Waals surface area contributed by atoms with E-state index in [1.165, 1.54) is 20.3 Å². The lowest BCUT2D eigenvalue weighted by Gasteiger charge is -2.25. The average molecular weight is 363 g/mol. The number of amides is 2. The summed E-state index contributed by atoms with van der Waals surface area (Å²) in [7, 11) is 0. The molecule has 0 aliphatic rings. The van der Waals surface area contributed by atoms with Gasteiger partial charge >= 0.3 is 0 Å². The highest BCUT2D eigenvalue weighted by Gasteiger charge is 2.28. The van der Waals surface area contributed by atoms with Gasteiger partial charge in [0.1, 0.15) is 5.78 Å². The maximum Gasteiger partial charge on any atom is 0.261 e. The van der Waals surface area contributed by atoms with Crippen molar-refractivity contribution in [2.45, 2.75) is 73.8 Å². The molecule has 146 valence electrons. The lowest BCUT2D eigenvalue weighted by Crippen LogP contribution is -2.43. The number of nitrogens with zero attached hydrogens (tertiary/aromatic N) is 1. The second-order valence-corrected chi connectivity index (χ2v) is 5.71. The number of ketones is 2. The fourth-order valence-electron chi connectivity index (χ4n) is 2.09. The van der Waals surface area contributed by atoms with Crippen LogP contribution in [0.3, 0.4) is 0 Å². The van der Waals surface area contributed by atoms with Gasteiger partial charge in [0.25, 0.3) is 5.91 Å². The van der Waals surface area contributed by atoms with Crippen molar-refractivity contribution in [1.82, 2.24) is 4.90 Å². The fraction of sp³-hybridized carbons (Fsp3) is 0.524. The standard InChI is InChI=1S/C16H19NO4.C3H8.C2H6/c1-11-6-4-5-7-14(11)16(21)17(10-18)15(13(3)20)9-8-12(2)19;1-3-2;1-2/h4-7,10,15H,8-9H2,1-3H3;3H2,1-2H3;1-2H3. The summed E-state index contributed by atoms with van der Waals surface area (Å²) in [4.78, 5) is 47.4. The third-order valence-electron chi connectivity index (χ3n) is 3.30. The van der Waals surface area contributed by atoms with E-state index in [2.05, 4.69) is 13.8 Å². The molecular formula is C21H33NO4. The normalized spacial score (nSPS) is 10.3. The van der Waals surface area contributed by atoms with Crippen LogP contribution in [-0.4, -0.2) is 34.8 Å². The van der Waals surface area contributed by atoms with Crippen LogP contribution in [0, 0.1) is 6.92 Å². The zero-order valence-corrected chi connectivity index (χ0v) is 17.2. The first-order valence-electron chi connectivity index (χ1n) is 9.13. The zero-order chi connectivity index (χ0) is 20.7. The van der Waals surface area contributed by atoms with Crippen LogP contribution in [0.4, 0.5) is 0 Å². The van der Waals surface area contributed by atoms with Crippen molar-refractivity contribution in [3.05, 3.63) is 35.4 Å². The van der Waals surface area contributed by atoms with Gasteiger partial charge in [-0.2, -0.15) is 0 Å². The van der Waals surface area contributed by atoms with Gasteiger partial charge < -0.3 is 4.79 Å². The minimum atomic E-state index is -0.904. The summed E-state index contributed by atoms with van der Waals surface area (Å²) in [5.41, 5.74) is 1.10. The van der Waals surface area contributed by atoms with E-state index in [1.807, 2.05) is 13.8 Å². The molecule has 1 atom stereocenters. The third kappa shape index (κ3) is 9.25. The van der Waals surface area contributed by atoms with Crippen LogP contribution >= 0.6 is 0 Å². The molecule has 26 heavy (non-hydrogen) atoms. The van der Waals surface area contributed by atoms with Gasteiger partial charge in [0.05, 0.1) is 6.04 Å². The second-order valence-electron chi connectivity index (χ2n) is 5.71. The molecule has 0 radical (unpaired) electrons. The number of carbonyl (C=O) groups excluding carboxylic acids is 4. The zero-order valence-electron chi connectivity index (χ0n) is 17.2. The molecule has 0 bridgehead atoms. The SMILES string of the molecule is CC.CC(=O)CCC(C(C)=O)N(C=O)C(=O)c1ccccc1C.CCC. The number of benzene rings is 1. The number of rotatable bonds is 7. The molecule has 2 amide bonds. The van der Waals surface area contributed by atoms with Crippen molar-refractivity contribution in [2.75, 3.05) is 0 Å². The van der Waals surface area contributed by atoms with Gasteiger partial charge in [0, 0.05) is 12.0 Å². The van der Waals surface area contributed by atoms with E-state index in [-0.39, 0.29) is 24.4 Å². The van der Waals surface area contributed by atoms with E-state index < -0.39 is 11.9 Å². The van der Waals surface area contributed by atoms with Crippen LogP contribution in [-0.2, 0) is 14.4 Å². The Morgan fingerprint density at radius 3 is 1.96 bits per heavy atom. The second kappa shape index (κ2) is 15.0. The predicted octanol–water partition coefficient (Wildman–Crippen LogP) is 4.36. The van der Waals surface area contributed by atoms with E-state index in [0.29, 0.717) is 12.0 Å². The Morgan fingerprint density at radius 2 is 1.58 bits per heavy atom. The molecule has 1 aromatic carbocycles. The summed E-state index contributed by atoms with van der Waals surface area (Å²) in [6.45, 7) is 12.7. The largest absolute Gasteiger partial charge is 0.300 e. The predicted molar refractivity (Wildman–Crippen MR) is 105 cm³/mol. The number of imide groups is 1. The Labute approximate surface area is 157 Å². The summed E-state index contributed by atoms with van der Waals surface area (Å²) in [6.07, 6.45) is 1.91. The third-order valence-corrected chi connectivity index (χ3v) is 3.30. The number of hydrogen-bond donors (Lipinski definition) is 0. The van der Waals surface area contributed by atoms with Crippen LogP contribution in [0.15, 0.2) is 24.3 Å². The van der Waals surface area contributed by atoms with Crippen LogP contribution in [0.2, 0.25) is 0 Å². The minimum Gasteiger partial charge on any atom is -0.300 e. The highest BCUT2D eigenvalue weighted by molar-refractivity contribution is 6.04. The molecule has 1 rings (SSSR count). The molecule has 0 fully saturated rings. The smallest absolute Gasteiger partial charge is 0.261 e. The molecule has 0 saturated heterocycles. The number of carbonyl (C=O) groups is 4. The fourth-order valence-corrected chi connectivity index (χ4v) is 2.09. The molecule has 0 spiro atoms. The number of aryl methyl sites for hydroxylation is 1. The van der Waals surface area contributed by atoms with Crippen molar-refractivity contribution < 1.29 is 19.2 Å². The van der Waals surface area contributed by atoms with Crippen LogP contribution in [0.1, 0.15) is 76.7 Å². The van der Waals surface area contributed by atoms with Crippen molar-refractivity contribution in [3.8, 4) is 0 Å². The Balaban J connectivity index is 0. The Hall–Kier alpha value is -2.30. The van der Waals surface area contributed by atoms with Gasteiger partial charge in [0.15, 0.2) is 5.78 Å². The van der Waals surface area contributed by atoms with E-state index in [0.717, 1.165) is 10.5 Å². The van der Waals surface area contributed by atoms with E-state index in [9.17, 15) is 19.2 Å². The number of hydrogen-bond acceptors (Lipinski definition) is 4. The van der Waals surface area contributed by atoms with Gasteiger partial charge in [-0.1, -0.05) is 52.3 Å². The van der Waals surface area contributed by atoms with Crippen molar-refractivity contribution in [1.29, 1.82) is 0 Å². The van der Waals surface area contributed by atoms with Crippen LogP contribution < -0.4 is 0 Å². The molecule has 0 aliphatic heterocycles. The van der Waals surface area contributed by atoms with E-state index in [4.69, 9.17) is 0 Å². The van der Waals surface area contributed by atoms with Gasteiger partial charge in [0.2, 0.25) is 6.41 Å². The molecule has 0 aromatic heterocycles. The van der Waals surface area contributed by atoms with Crippen molar-refractivity contribution in [2.24, 2.45) is 0 Å². The van der Waals surface area contributed by atoms with Crippen molar-refractivity contribution in [3.63, 3.8) is 0 Å². The Morgan fingerprint density at radius 1 is 1.08 bits per heavy atom. The molecule has 1 aromatic rings. The van der Waals surface area contributed by atoms with Crippen LogP contribution in [0.25, 0.3) is 0 Å². The monoisotopic (exact) mass is 363 g/mol. The lowest BCUT2D eigenvalue weighted by atomic mass is 10.0. The summed E-state index contributed by atoms with van der Waals surface area (Å²) >= 11 is 0. The Kier molecular flexibility index (Phi) is 15.0. The van der Waals surface area contributed by atoms with Gasteiger partial charge in [-0.3, -0.25) is 19.3 Å². The maximum absolute atomic E-state index is 12.4. The van der Waals surface area contributed by atoms with Crippen molar-refractivity contribution >= 4 is 23.9 Å². The first-order valence-corrected chi connectivity index (χ1v) is 9.13. The average Bonchev–Trinajstić information content (AvgIpc) is 2.60. The molecule has 5 nitrogen and oxygen atoms in total. The molecule has 5 heteroatoms. The van der Waals surface area contributed by atoms with Gasteiger partial charge in [-0.25, -0.2) is 0 Å². The minimum absolute atomic E-state index is 0.0876. The van der Waals surface area contributed by atoms with Gasteiger partial charge in [-0.05, 0) is 38.8 Å². The Bertz CT molecular complexity index is 581. The molecular weight excluding hydrogens is 330 g/mol. The molecule has 0 saturated carbocycles. The summed E-state index contributed by atoms with van der Waals surface area (Å²) in [5, 5.41) is 0. The first-order chi connectivity index (χ1) is 12.3. The van der Waals surface area contributed by atoms with E-state index >= 15 is 0 Å².